The fourth-order valence-electron chi connectivity index (χ4n) is 4.69. The van der Waals surface area contributed by atoms with Gasteiger partial charge in [0.2, 0.25) is 0 Å². The van der Waals surface area contributed by atoms with Crippen LogP contribution < -0.4 is 9.50 Å². The standard InChI is InChI=1S/C27H29Cl2FN2O4S2/c1-17-24(27(37)31-19-4-2-5-21(33)15-19)16-26(23-11-6-18(28)14-25(23)29)32(17)20-7-9-22(10-8-20)36-38(34,35)13-3-12-30/h6-11,14,16,19,21,33H,2-5,12-13,15H2,1H3,(H,31,37). The second kappa shape index (κ2) is 12.3. The molecule has 0 saturated heterocycles. The smallest absolute Gasteiger partial charge is 0.309 e. The van der Waals surface area contributed by atoms with Crippen molar-refractivity contribution in [2.75, 3.05) is 12.4 Å². The van der Waals surface area contributed by atoms with Gasteiger partial charge in [-0.2, -0.15) is 8.42 Å². The minimum atomic E-state index is -3.89. The molecular weight excluding hydrogens is 570 g/mol. The van der Waals surface area contributed by atoms with Crippen molar-refractivity contribution >= 4 is 50.5 Å². The van der Waals surface area contributed by atoms with Crippen LogP contribution in [0.15, 0.2) is 48.5 Å². The average molecular weight is 600 g/mol. The maximum Gasteiger partial charge on any atom is 0.309 e. The number of benzene rings is 2. The fraction of sp³-hybridized carbons (Fsp3) is 0.370. The number of aliphatic hydroxyl groups excluding tert-OH is 1. The zero-order chi connectivity index (χ0) is 27.4. The first-order valence-corrected chi connectivity index (χ1v) is 15.1. The molecule has 1 aromatic heterocycles. The average Bonchev–Trinajstić information content (AvgIpc) is 3.20. The second-order valence-electron chi connectivity index (χ2n) is 9.36. The third-order valence-corrected chi connectivity index (χ3v) is 8.65. The summed E-state index contributed by atoms with van der Waals surface area (Å²) in [4.78, 5) is 0.575. The predicted molar refractivity (Wildman–Crippen MR) is 154 cm³/mol. The Labute approximate surface area is 237 Å². The van der Waals surface area contributed by atoms with E-state index in [0.29, 0.717) is 21.5 Å². The SMILES string of the molecule is Cc1c(C(=S)NC2CCCC(O)C2)cc(-c2ccc(Cl)cc2Cl)n1-c1ccc(OS(=O)(=O)CCCF)cc1. The normalized spacial score (nSPS) is 17.8. The first-order valence-electron chi connectivity index (χ1n) is 12.3. The van der Waals surface area contributed by atoms with E-state index in [1.54, 1.807) is 36.4 Å². The van der Waals surface area contributed by atoms with Crippen LogP contribution in [-0.2, 0) is 10.1 Å². The van der Waals surface area contributed by atoms with E-state index in [2.05, 4.69) is 5.32 Å². The van der Waals surface area contributed by atoms with Crippen LogP contribution in [0.4, 0.5) is 4.39 Å². The third-order valence-electron chi connectivity index (χ3n) is 6.53. The van der Waals surface area contributed by atoms with Gasteiger partial charge in [-0.15, -0.1) is 0 Å². The van der Waals surface area contributed by atoms with Crippen LogP contribution in [-0.4, -0.2) is 47.7 Å². The van der Waals surface area contributed by atoms with Gasteiger partial charge in [0.15, 0.2) is 0 Å². The molecule has 4 rings (SSSR count). The monoisotopic (exact) mass is 598 g/mol. The lowest BCUT2D eigenvalue weighted by atomic mass is 9.93. The van der Waals surface area contributed by atoms with Gasteiger partial charge in [0, 0.05) is 33.6 Å². The van der Waals surface area contributed by atoms with Crippen molar-refractivity contribution in [1.82, 2.24) is 9.88 Å². The summed E-state index contributed by atoms with van der Waals surface area (Å²) in [7, 11) is -3.89. The minimum Gasteiger partial charge on any atom is -0.393 e. The van der Waals surface area contributed by atoms with Gasteiger partial charge in [0.1, 0.15) is 10.7 Å². The second-order valence-corrected chi connectivity index (χ2v) is 12.3. The first-order chi connectivity index (χ1) is 18.1. The summed E-state index contributed by atoms with van der Waals surface area (Å²) >= 11 is 18.5. The molecule has 1 fully saturated rings. The van der Waals surface area contributed by atoms with E-state index < -0.39 is 22.5 Å². The molecule has 1 heterocycles. The fourth-order valence-corrected chi connectivity index (χ4v) is 6.52. The van der Waals surface area contributed by atoms with Gasteiger partial charge >= 0.3 is 10.1 Å². The van der Waals surface area contributed by atoms with E-state index in [-0.39, 0.29) is 24.3 Å². The molecule has 11 heteroatoms. The number of alkyl halides is 1. The number of nitrogens with zero attached hydrogens (tertiary/aromatic N) is 1. The summed E-state index contributed by atoms with van der Waals surface area (Å²) in [6.45, 7) is 1.21. The Balaban J connectivity index is 1.71. The van der Waals surface area contributed by atoms with Crippen LogP contribution in [0.2, 0.25) is 10.0 Å². The number of hydrogen-bond acceptors (Lipinski definition) is 5. The topological polar surface area (TPSA) is 80.6 Å². The van der Waals surface area contributed by atoms with E-state index in [1.807, 2.05) is 23.6 Å². The number of halogens is 3. The molecule has 2 aromatic carbocycles. The van der Waals surface area contributed by atoms with Gasteiger partial charge in [-0.25, -0.2) is 0 Å². The highest BCUT2D eigenvalue weighted by Crippen LogP contribution is 2.36. The molecule has 204 valence electrons. The summed E-state index contributed by atoms with van der Waals surface area (Å²) in [6.07, 6.45) is 2.86. The van der Waals surface area contributed by atoms with Gasteiger partial charge in [-0.1, -0.05) is 35.4 Å². The van der Waals surface area contributed by atoms with Crippen molar-refractivity contribution in [2.45, 2.75) is 51.2 Å². The molecular formula is C27H29Cl2FN2O4S2. The summed E-state index contributed by atoms with van der Waals surface area (Å²) in [5.74, 6) is -0.260. The van der Waals surface area contributed by atoms with Crippen molar-refractivity contribution in [3.63, 3.8) is 0 Å². The molecule has 2 atom stereocenters. The Morgan fingerprint density at radius 1 is 1.18 bits per heavy atom. The van der Waals surface area contributed by atoms with Gasteiger partial charge in [0.05, 0.1) is 29.2 Å². The molecule has 38 heavy (non-hydrogen) atoms. The highest BCUT2D eigenvalue weighted by molar-refractivity contribution is 7.87. The van der Waals surface area contributed by atoms with Crippen molar-refractivity contribution in [1.29, 1.82) is 0 Å². The van der Waals surface area contributed by atoms with Gasteiger partial charge in [0.25, 0.3) is 0 Å². The Bertz CT molecular complexity index is 1410. The molecule has 1 saturated carbocycles. The van der Waals surface area contributed by atoms with Crippen LogP contribution in [0.1, 0.15) is 43.4 Å². The minimum absolute atomic E-state index is 0.0901. The van der Waals surface area contributed by atoms with Crippen LogP contribution >= 0.6 is 35.4 Å². The molecule has 0 amide bonds. The van der Waals surface area contributed by atoms with Crippen molar-refractivity contribution < 1.29 is 22.1 Å². The number of thiocarbonyl (C=S) groups is 1. The van der Waals surface area contributed by atoms with Crippen molar-refractivity contribution in [3.05, 3.63) is 69.8 Å². The number of aromatic nitrogens is 1. The maximum atomic E-state index is 12.4. The third kappa shape index (κ3) is 6.87. The van der Waals surface area contributed by atoms with Crippen LogP contribution in [0.5, 0.6) is 5.75 Å². The maximum absolute atomic E-state index is 12.4. The zero-order valence-corrected chi connectivity index (χ0v) is 23.9. The van der Waals surface area contributed by atoms with Crippen LogP contribution in [0.25, 0.3) is 16.9 Å². The summed E-state index contributed by atoms with van der Waals surface area (Å²) in [6, 6.07) is 13.9. The van der Waals surface area contributed by atoms with Gasteiger partial charge in [-0.3, -0.25) is 4.39 Å². The quantitative estimate of drug-likeness (QED) is 0.219. The molecule has 0 bridgehead atoms. The molecule has 2 N–H and O–H groups in total. The number of hydrogen-bond donors (Lipinski definition) is 2. The highest BCUT2D eigenvalue weighted by Gasteiger charge is 2.24. The van der Waals surface area contributed by atoms with Gasteiger partial charge < -0.3 is 19.2 Å². The highest BCUT2D eigenvalue weighted by atomic mass is 35.5. The van der Waals surface area contributed by atoms with E-state index >= 15 is 0 Å². The van der Waals surface area contributed by atoms with Gasteiger partial charge in [-0.05, 0) is 87.6 Å². The Morgan fingerprint density at radius 2 is 1.92 bits per heavy atom. The summed E-state index contributed by atoms with van der Waals surface area (Å²) in [5, 5.41) is 14.5. The van der Waals surface area contributed by atoms with E-state index in [4.69, 9.17) is 39.6 Å². The molecule has 1 aliphatic rings. The lowest BCUT2D eigenvalue weighted by molar-refractivity contribution is 0.117. The summed E-state index contributed by atoms with van der Waals surface area (Å²) in [5.41, 5.74) is 3.92. The molecule has 3 aromatic rings. The Morgan fingerprint density at radius 3 is 2.58 bits per heavy atom. The predicted octanol–water partition coefficient (Wildman–Crippen LogP) is 6.40. The largest absolute Gasteiger partial charge is 0.393 e. The lowest BCUT2D eigenvalue weighted by Gasteiger charge is -2.27. The van der Waals surface area contributed by atoms with E-state index in [0.717, 1.165) is 47.5 Å². The lowest BCUT2D eigenvalue weighted by Crippen LogP contribution is -2.39. The van der Waals surface area contributed by atoms with E-state index in [1.165, 1.54) is 0 Å². The Hall–Kier alpha value is -2.17. The summed E-state index contributed by atoms with van der Waals surface area (Å²) < 4.78 is 43.7. The van der Waals surface area contributed by atoms with Crippen LogP contribution in [0.3, 0.4) is 0 Å². The zero-order valence-electron chi connectivity index (χ0n) is 20.8. The number of nitrogens with one attached hydrogen (secondary N) is 1. The molecule has 6 nitrogen and oxygen atoms in total. The Kier molecular flexibility index (Phi) is 9.36. The first kappa shape index (κ1) is 28.8. The van der Waals surface area contributed by atoms with Crippen molar-refractivity contribution in [2.24, 2.45) is 0 Å². The molecule has 2 unspecified atom stereocenters. The molecule has 0 aliphatic heterocycles. The molecule has 1 aliphatic carbocycles. The number of rotatable bonds is 9. The number of aliphatic hydroxyl groups is 1. The molecule has 0 radical (unpaired) electrons. The van der Waals surface area contributed by atoms with E-state index in [9.17, 15) is 17.9 Å². The van der Waals surface area contributed by atoms with Crippen LogP contribution in [0, 0.1) is 6.92 Å². The molecule has 0 spiro atoms. The van der Waals surface area contributed by atoms with Crippen molar-refractivity contribution in [3.8, 4) is 22.7 Å².